The van der Waals surface area contributed by atoms with Crippen LogP contribution in [0.2, 0.25) is 0 Å². The zero-order valence-electron chi connectivity index (χ0n) is 22.2. The van der Waals surface area contributed by atoms with Crippen molar-refractivity contribution in [2.24, 2.45) is 0 Å². The third-order valence-corrected chi connectivity index (χ3v) is 7.56. The second-order valence-electron chi connectivity index (χ2n) is 10.5. The molecule has 0 saturated carbocycles. The summed E-state index contributed by atoms with van der Waals surface area (Å²) in [5, 5.41) is 3.55. The molecule has 0 radical (unpaired) electrons. The van der Waals surface area contributed by atoms with E-state index < -0.39 is 0 Å². The summed E-state index contributed by atoms with van der Waals surface area (Å²) in [6, 6.07) is 8.29. The highest BCUT2D eigenvalue weighted by atomic mass is 16.5. The Morgan fingerprint density at radius 3 is 2.61 bits per heavy atom. The van der Waals surface area contributed by atoms with E-state index in [1.165, 1.54) is 22.3 Å². The Morgan fingerprint density at radius 2 is 1.83 bits per heavy atom. The molecule has 1 atom stereocenters. The minimum Gasteiger partial charge on any atom is -0.496 e. The zero-order valence-corrected chi connectivity index (χ0v) is 22.2. The number of hydrogen-bond donors (Lipinski definition) is 3. The second-order valence-corrected chi connectivity index (χ2v) is 10.5. The first-order valence-corrected chi connectivity index (χ1v) is 13.0. The van der Waals surface area contributed by atoms with Gasteiger partial charge in [-0.2, -0.15) is 0 Å². The topological polar surface area (TPSA) is 58.3 Å². The van der Waals surface area contributed by atoms with Crippen LogP contribution in [0, 0.1) is 0 Å². The van der Waals surface area contributed by atoms with Crippen molar-refractivity contribution in [3.8, 4) is 5.75 Å². The SMILES string of the molecule is COc1ccccc1C1NNC2=C1C=C(C1=CNCC(CN3CCN(CCN(C)C)CC3)=C1)CN2C. The molecule has 0 aromatic heterocycles. The third-order valence-electron chi connectivity index (χ3n) is 7.56. The van der Waals surface area contributed by atoms with Gasteiger partial charge in [-0.05, 0) is 43.0 Å². The quantitative estimate of drug-likeness (QED) is 0.506. The molecule has 5 rings (SSSR count). The van der Waals surface area contributed by atoms with Gasteiger partial charge in [-0.1, -0.05) is 24.3 Å². The molecule has 0 spiro atoms. The number of benzene rings is 1. The average Bonchev–Trinajstić information content (AvgIpc) is 3.33. The van der Waals surface area contributed by atoms with Crippen LogP contribution in [0.15, 0.2) is 70.7 Å². The largest absolute Gasteiger partial charge is 0.496 e. The Hall–Kier alpha value is -2.78. The van der Waals surface area contributed by atoms with Gasteiger partial charge in [-0.25, -0.2) is 5.43 Å². The van der Waals surface area contributed by atoms with Crippen LogP contribution in [-0.4, -0.2) is 107 Å². The van der Waals surface area contributed by atoms with E-state index in [4.69, 9.17) is 4.74 Å². The molecule has 1 unspecified atom stereocenters. The highest BCUT2D eigenvalue weighted by Gasteiger charge is 2.32. The predicted molar refractivity (Wildman–Crippen MR) is 145 cm³/mol. The maximum absolute atomic E-state index is 5.66. The molecule has 3 N–H and O–H groups in total. The minimum absolute atomic E-state index is 0.0401. The van der Waals surface area contributed by atoms with Gasteiger partial charge in [-0.15, -0.1) is 0 Å². The molecule has 8 heteroatoms. The van der Waals surface area contributed by atoms with Crippen LogP contribution in [0.1, 0.15) is 11.6 Å². The lowest BCUT2D eigenvalue weighted by molar-refractivity contribution is 0.132. The molecule has 4 aliphatic rings. The van der Waals surface area contributed by atoms with Gasteiger partial charge >= 0.3 is 0 Å². The Balaban J connectivity index is 1.27. The molecule has 4 heterocycles. The Labute approximate surface area is 215 Å². The number of ether oxygens (including phenoxy) is 1. The molecular weight excluding hydrogens is 450 g/mol. The van der Waals surface area contributed by atoms with Crippen LogP contribution < -0.4 is 20.9 Å². The van der Waals surface area contributed by atoms with Gasteiger partial charge in [0.1, 0.15) is 11.6 Å². The van der Waals surface area contributed by atoms with Crippen LogP contribution in [0.4, 0.5) is 0 Å². The maximum Gasteiger partial charge on any atom is 0.124 e. The molecule has 0 bridgehead atoms. The van der Waals surface area contributed by atoms with Gasteiger partial charge in [0, 0.05) is 83.3 Å². The number of piperazine rings is 1. The fraction of sp³-hybridized carbons (Fsp3) is 0.500. The number of likely N-dealkylation sites (N-methyl/N-ethyl adjacent to an activating group) is 2. The monoisotopic (exact) mass is 491 g/mol. The second kappa shape index (κ2) is 11.1. The number of methoxy groups -OCH3 is 1. The van der Waals surface area contributed by atoms with Gasteiger partial charge in [0.25, 0.3) is 0 Å². The molecule has 36 heavy (non-hydrogen) atoms. The highest BCUT2D eigenvalue weighted by molar-refractivity contribution is 5.54. The Kier molecular flexibility index (Phi) is 7.67. The number of rotatable bonds is 8. The number of allylic oxidation sites excluding steroid dienone is 1. The molecule has 194 valence electrons. The van der Waals surface area contributed by atoms with Gasteiger partial charge in [0.2, 0.25) is 0 Å². The van der Waals surface area contributed by atoms with E-state index in [9.17, 15) is 0 Å². The standard InChI is InChI=1S/C28H41N7O/c1-32(2)9-10-34-11-13-35(14-12-34)19-21-15-22(18-29-17-21)23-16-25-27(30-31-28(25)33(3)20-23)24-7-5-6-8-26(24)36-4/h5-8,15-16,18,27,29-31H,9-14,17,19-20H2,1-4H3. The van der Waals surface area contributed by atoms with Crippen molar-refractivity contribution < 1.29 is 4.74 Å². The first kappa shape index (κ1) is 24.9. The van der Waals surface area contributed by atoms with Crippen LogP contribution in [0.3, 0.4) is 0 Å². The molecule has 8 nitrogen and oxygen atoms in total. The van der Waals surface area contributed by atoms with Crippen LogP contribution >= 0.6 is 0 Å². The Bertz CT molecular complexity index is 1070. The summed E-state index contributed by atoms with van der Waals surface area (Å²) in [5.41, 5.74) is 13.3. The summed E-state index contributed by atoms with van der Waals surface area (Å²) in [7, 11) is 8.19. The van der Waals surface area contributed by atoms with Gasteiger partial charge in [0.15, 0.2) is 0 Å². The molecule has 1 aromatic carbocycles. The van der Waals surface area contributed by atoms with Gasteiger partial charge in [0.05, 0.1) is 13.2 Å². The number of nitrogens with one attached hydrogen (secondary N) is 3. The molecule has 0 aliphatic carbocycles. The van der Waals surface area contributed by atoms with E-state index in [2.05, 4.69) is 87.4 Å². The molecule has 1 aromatic rings. The van der Waals surface area contributed by atoms with E-state index in [1.807, 2.05) is 12.1 Å². The van der Waals surface area contributed by atoms with E-state index in [0.717, 1.165) is 76.0 Å². The van der Waals surface area contributed by atoms with E-state index >= 15 is 0 Å². The van der Waals surface area contributed by atoms with Gasteiger partial charge < -0.3 is 25.3 Å². The van der Waals surface area contributed by atoms with E-state index in [1.54, 1.807) is 7.11 Å². The molecule has 1 saturated heterocycles. The van der Waals surface area contributed by atoms with Crippen molar-refractivity contribution in [1.82, 2.24) is 35.8 Å². The fourth-order valence-corrected chi connectivity index (χ4v) is 5.48. The average molecular weight is 492 g/mol. The molecule has 4 aliphatic heterocycles. The summed E-state index contributed by atoms with van der Waals surface area (Å²) in [6.07, 6.45) is 6.95. The van der Waals surface area contributed by atoms with Gasteiger partial charge in [-0.3, -0.25) is 9.80 Å². The van der Waals surface area contributed by atoms with Crippen LogP contribution in [0.25, 0.3) is 0 Å². The summed E-state index contributed by atoms with van der Waals surface area (Å²) in [5.74, 6) is 2.03. The lowest BCUT2D eigenvalue weighted by Gasteiger charge is -2.36. The van der Waals surface area contributed by atoms with E-state index in [-0.39, 0.29) is 6.04 Å². The van der Waals surface area contributed by atoms with Crippen molar-refractivity contribution in [3.05, 3.63) is 76.3 Å². The summed E-state index contributed by atoms with van der Waals surface area (Å²) in [6.45, 7) is 9.74. The summed E-state index contributed by atoms with van der Waals surface area (Å²) in [4.78, 5) is 9.76. The summed E-state index contributed by atoms with van der Waals surface area (Å²) >= 11 is 0. The normalized spacial score (nSPS) is 23.1. The van der Waals surface area contributed by atoms with Crippen molar-refractivity contribution in [2.75, 3.05) is 87.2 Å². The van der Waals surface area contributed by atoms with Crippen LogP contribution in [-0.2, 0) is 0 Å². The smallest absolute Gasteiger partial charge is 0.124 e. The minimum atomic E-state index is 0.0401. The third kappa shape index (κ3) is 5.47. The predicted octanol–water partition coefficient (Wildman–Crippen LogP) is 1.52. The number of hydrazine groups is 1. The van der Waals surface area contributed by atoms with Crippen molar-refractivity contribution in [3.63, 3.8) is 0 Å². The zero-order chi connectivity index (χ0) is 25.1. The first-order chi connectivity index (χ1) is 17.5. The number of dihydropyridines is 1. The first-order valence-electron chi connectivity index (χ1n) is 13.0. The molecular formula is C28H41N7O. The lowest BCUT2D eigenvalue weighted by atomic mass is 9.91. The maximum atomic E-state index is 5.66. The summed E-state index contributed by atoms with van der Waals surface area (Å²) < 4.78 is 5.66. The van der Waals surface area contributed by atoms with Crippen LogP contribution in [0.5, 0.6) is 5.75 Å². The fourth-order valence-electron chi connectivity index (χ4n) is 5.48. The van der Waals surface area contributed by atoms with Crippen molar-refractivity contribution in [1.29, 1.82) is 0 Å². The highest BCUT2D eigenvalue weighted by Crippen LogP contribution is 2.38. The number of hydrogen-bond acceptors (Lipinski definition) is 8. The molecule has 0 amide bonds. The van der Waals surface area contributed by atoms with E-state index in [0.29, 0.717) is 0 Å². The molecule has 1 fully saturated rings. The van der Waals surface area contributed by atoms with Crippen molar-refractivity contribution >= 4 is 0 Å². The van der Waals surface area contributed by atoms with Crippen molar-refractivity contribution in [2.45, 2.75) is 6.04 Å². The number of para-hydroxylation sites is 1. The Morgan fingerprint density at radius 1 is 1.06 bits per heavy atom. The number of nitrogens with zero attached hydrogens (tertiary/aromatic N) is 4. The lowest BCUT2D eigenvalue weighted by Crippen LogP contribution is -2.48.